The number of anilines is 1. The molecule has 0 aliphatic carbocycles. The van der Waals surface area contributed by atoms with Gasteiger partial charge in [-0.25, -0.2) is 9.97 Å². The van der Waals surface area contributed by atoms with E-state index in [1.807, 2.05) is 36.6 Å². The molecular weight excluding hydrogens is 290 g/mol. The zero-order chi connectivity index (χ0) is 14.1. The fourth-order valence-electron chi connectivity index (χ4n) is 1.96. The molecule has 102 valence electrons. The second-order valence-corrected chi connectivity index (χ2v) is 6.09. The van der Waals surface area contributed by atoms with Crippen molar-refractivity contribution in [3.63, 3.8) is 0 Å². The Kier molecular flexibility index (Phi) is 3.42. The summed E-state index contributed by atoms with van der Waals surface area (Å²) in [5.74, 6) is 0.825. The maximum Gasteiger partial charge on any atom is 0.180 e. The van der Waals surface area contributed by atoms with Crippen LogP contribution in [0.2, 0.25) is 0 Å². The van der Waals surface area contributed by atoms with Crippen molar-refractivity contribution in [1.29, 1.82) is 0 Å². The summed E-state index contributed by atoms with van der Waals surface area (Å²) in [4.78, 5) is 10.0. The monoisotopic (exact) mass is 303 g/mol. The molecule has 0 fully saturated rings. The molecule has 0 amide bonds. The molecule has 4 nitrogen and oxygen atoms in total. The van der Waals surface area contributed by atoms with E-state index in [1.165, 1.54) is 11.3 Å². The molecule has 20 heavy (non-hydrogen) atoms. The van der Waals surface area contributed by atoms with Crippen molar-refractivity contribution in [1.82, 2.24) is 9.97 Å². The molecule has 2 N–H and O–H groups in total. The standard InChI is InChI=1S/C14H13N3OS2/c1-8-12(10-7-19-14(15)17-10)20-13(16-8)9-5-3-4-6-11(9)18-2/h3-7H,1-2H3,(H2,15,17). The Hall–Kier alpha value is -1.92. The molecule has 2 aromatic heterocycles. The van der Waals surface area contributed by atoms with Gasteiger partial charge in [0, 0.05) is 5.38 Å². The first-order chi connectivity index (χ1) is 9.69. The van der Waals surface area contributed by atoms with Gasteiger partial charge in [-0.2, -0.15) is 0 Å². The number of nitrogens with two attached hydrogens (primary N) is 1. The van der Waals surface area contributed by atoms with Crippen molar-refractivity contribution in [2.75, 3.05) is 12.8 Å². The summed E-state index contributed by atoms with van der Waals surface area (Å²) in [5.41, 5.74) is 8.55. The first-order valence-electron chi connectivity index (χ1n) is 6.01. The van der Waals surface area contributed by atoms with Crippen molar-refractivity contribution in [3.05, 3.63) is 35.3 Å². The highest BCUT2D eigenvalue weighted by Gasteiger charge is 2.15. The first-order valence-corrected chi connectivity index (χ1v) is 7.71. The van der Waals surface area contributed by atoms with Gasteiger partial charge in [-0.3, -0.25) is 0 Å². The molecule has 0 bridgehead atoms. The number of aromatic nitrogens is 2. The molecule has 0 saturated carbocycles. The summed E-state index contributed by atoms with van der Waals surface area (Å²) in [6, 6.07) is 7.88. The zero-order valence-corrected chi connectivity index (χ0v) is 12.7. The van der Waals surface area contributed by atoms with Crippen LogP contribution in [0.1, 0.15) is 5.69 Å². The van der Waals surface area contributed by atoms with E-state index in [1.54, 1.807) is 18.4 Å². The normalized spacial score (nSPS) is 10.7. The first kappa shape index (κ1) is 13.1. The predicted molar refractivity (Wildman–Crippen MR) is 84.4 cm³/mol. The number of para-hydroxylation sites is 1. The van der Waals surface area contributed by atoms with Gasteiger partial charge < -0.3 is 10.5 Å². The lowest BCUT2D eigenvalue weighted by atomic mass is 10.2. The van der Waals surface area contributed by atoms with Crippen LogP contribution in [0, 0.1) is 6.92 Å². The third kappa shape index (κ3) is 2.28. The van der Waals surface area contributed by atoms with Gasteiger partial charge in [-0.1, -0.05) is 12.1 Å². The van der Waals surface area contributed by atoms with Gasteiger partial charge in [0.05, 0.1) is 28.9 Å². The van der Waals surface area contributed by atoms with Crippen molar-refractivity contribution >= 4 is 27.8 Å². The number of hydrogen-bond acceptors (Lipinski definition) is 6. The molecule has 0 saturated heterocycles. The molecule has 0 radical (unpaired) electrons. The average molecular weight is 303 g/mol. The lowest BCUT2D eigenvalue weighted by Crippen LogP contribution is -1.86. The Morgan fingerprint density at radius 3 is 2.70 bits per heavy atom. The fraction of sp³-hybridized carbons (Fsp3) is 0.143. The number of ether oxygens (including phenoxy) is 1. The highest BCUT2D eigenvalue weighted by Crippen LogP contribution is 2.38. The van der Waals surface area contributed by atoms with Crippen molar-refractivity contribution < 1.29 is 4.74 Å². The van der Waals surface area contributed by atoms with Crippen LogP contribution in [0.3, 0.4) is 0 Å². The van der Waals surface area contributed by atoms with Crippen LogP contribution in [0.15, 0.2) is 29.6 Å². The Bertz CT molecular complexity index is 748. The number of hydrogen-bond donors (Lipinski definition) is 1. The summed E-state index contributed by atoms with van der Waals surface area (Å²) in [7, 11) is 1.67. The van der Waals surface area contributed by atoms with Gasteiger partial charge in [0.1, 0.15) is 10.8 Å². The minimum absolute atomic E-state index is 0.576. The van der Waals surface area contributed by atoms with E-state index in [9.17, 15) is 0 Å². The number of rotatable bonds is 3. The fourth-order valence-corrected chi connectivity index (χ4v) is 3.65. The lowest BCUT2D eigenvalue weighted by Gasteiger charge is -2.04. The van der Waals surface area contributed by atoms with Crippen LogP contribution in [-0.4, -0.2) is 17.1 Å². The second kappa shape index (κ2) is 5.22. The van der Waals surface area contributed by atoms with Crippen molar-refractivity contribution in [3.8, 4) is 26.9 Å². The van der Waals surface area contributed by atoms with Crippen LogP contribution < -0.4 is 10.5 Å². The molecule has 0 spiro atoms. The topological polar surface area (TPSA) is 61.0 Å². The molecule has 0 aliphatic heterocycles. The second-order valence-electron chi connectivity index (χ2n) is 4.20. The van der Waals surface area contributed by atoms with Gasteiger partial charge >= 0.3 is 0 Å². The maximum atomic E-state index is 5.70. The smallest absolute Gasteiger partial charge is 0.180 e. The lowest BCUT2D eigenvalue weighted by molar-refractivity contribution is 0.416. The van der Waals surface area contributed by atoms with E-state index in [4.69, 9.17) is 10.5 Å². The summed E-state index contributed by atoms with van der Waals surface area (Å²) >= 11 is 3.05. The molecule has 1 aromatic carbocycles. The number of thiazole rings is 2. The number of aryl methyl sites for hydroxylation is 1. The van der Waals surface area contributed by atoms with E-state index < -0.39 is 0 Å². The third-order valence-electron chi connectivity index (χ3n) is 2.89. The number of methoxy groups -OCH3 is 1. The molecule has 2 heterocycles. The number of benzene rings is 1. The average Bonchev–Trinajstić information content (AvgIpc) is 3.04. The zero-order valence-electron chi connectivity index (χ0n) is 11.1. The van der Waals surface area contributed by atoms with Gasteiger partial charge in [-0.15, -0.1) is 22.7 Å². The summed E-state index contributed by atoms with van der Waals surface area (Å²) in [6.07, 6.45) is 0. The van der Waals surface area contributed by atoms with Crippen LogP contribution >= 0.6 is 22.7 Å². The molecule has 6 heteroatoms. The molecule has 3 aromatic rings. The van der Waals surface area contributed by atoms with E-state index in [0.717, 1.165) is 32.6 Å². The molecule has 0 aliphatic rings. The molecule has 0 atom stereocenters. The van der Waals surface area contributed by atoms with Crippen LogP contribution in [0.4, 0.5) is 5.13 Å². The summed E-state index contributed by atoms with van der Waals surface area (Å²) < 4.78 is 5.39. The highest BCUT2D eigenvalue weighted by atomic mass is 32.1. The van der Waals surface area contributed by atoms with Crippen LogP contribution in [0.25, 0.3) is 21.1 Å². The van der Waals surface area contributed by atoms with Gasteiger partial charge in [0.25, 0.3) is 0 Å². The summed E-state index contributed by atoms with van der Waals surface area (Å²) in [6.45, 7) is 1.99. The number of nitrogen functional groups attached to an aromatic ring is 1. The Morgan fingerprint density at radius 2 is 2.00 bits per heavy atom. The number of nitrogens with zero attached hydrogens (tertiary/aromatic N) is 2. The van der Waals surface area contributed by atoms with E-state index >= 15 is 0 Å². The van der Waals surface area contributed by atoms with E-state index in [0.29, 0.717) is 5.13 Å². The van der Waals surface area contributed by atoms with Crippen LogP contribution in [0.5, 0.6) is 5.75 Å². The highest BCUT2D eigenvalue weighted by molar-refractivity contribution is 7.19. The maximum absolute atomic E-state index is 5.70. The Labute approximate surface area is 124 Å². The Balaban J connectivity index is 2.09. The molecule has 3 rings (SSSR count). The van der Waals surface area contributed by atoms with Crippen molar-refractivity contribution in [2.45, 2.75) is 6.92 Å². The predicted octanol–water partition coefficient (Wildman–Crippen LogP) is 3.83. The van der Waals surface area contributed by atoms with E-state index in [2.05, 4.69) is 9.97 Å². The minimum Gasteiger partial charge on any atom is -0.496 e. The quantitative estimate of drug-likeness (QED) is 0.798. The Morgan fingerprint density at radius 1 is 1.20 bits per heavy atom. The largest absolute Gasteiger partial charge is 0.496 e. The van der Waals surface area contributed by atoms with E-state index in [-0.39, 0.29) is 0 Å². The third-order valence-corrected chi connectivity index (χ3v) is 4.78. The van der Waals surface area contributed by atoms with Gasteiger partial charge in [0.15, 0.2) is 5.13 Å². The molecule has 0 unspecified atom stereocenters. The van der Waals surface area contributed by atoms with Gasteiger partial charge in [0.2, 0.25) is 0 Å². The van der Waals surface area contributed by atoms with Crippen molar-refractivity contribution in [2.24, 2.45) is 0 Å². The van der Waals surface area contributed by atoms with Crippen LogP contribution in [-0.2, 0) is 0 Å². The summed E-state index contributed by atoms with van der Waals surface area (Å²) in [5, 5.41) is 3.47. The minimum atomic E-state index is 0.576. The molecular formula is C14H13N3OS2. The van der Waals surface area contributed by atoms with Gasteiger partial charge in [-0.05, 0) is 19.1 Å². The SMILES string of the molecule is COc1ccccc1-c1nc(C)c(-c2csc(N)n2)s1.